The second-order valence-electron chi connectivity index (χ2n) is 6.92. The fourth-order valence-electron chi connectivity index (χ4n) is 3.59. The Morgan fingerprint density at radius 1 is 1.15 bits per heavy atom. The smallest absolute Gasteiger partial charge is 0.230 e. The third-order valence-corrected chi connectivity index (χ3v) is 5.03. The molecule has 1 aliphatic rings. The van der Waals surface area contributed by atoms with Gasteiger partial charge in [-0.05, 0) is 26.3 Å². The monoisotopic (exact) mass is 356 g/mol. The molecular weight excluding hydrogens is 332 g/mol. The van der Waals surface area contributed by atoms with Crippen molar-refractivity contribution >= 4 is 0 Å². The van der Waals surface area contributed by atoms with Crippen molar-refractivity contribution in [2.45, 2.75) is 45.7 Å². The largest absolute Gasteiger partial charge is 0.424 e. The normalized spacial score (nSPS) is 18.5. The lowest BCUT2D eigenvalue weighted by Crippen LogP contribution is -2.35. The van der Waals surface area contributed by atoms with Gasteiger partial charge in [-0.15, -0.1) is 20.4 Å². The lowest BCUT2D eigenvalue weighted by atomic mass is 9.97. The summed E-state index contributed by atoms with van der Waals surface area (Å²) in [5, 5.41) is 16.9. The van der Waals surface area contributed by atoms with Crippen molar-refractivity contribution in [2.75, 3.05) is 13.1 Å². The Morgan fingerprint density at radius 2 is 2.04 bits per heavy atom. The number of aromatic nitrogens is 7. The first-order chi connectivity index (χ1) is 12.6. The number of hydrogen-bond donors (Lipinski definition) is 0. The van der Waals surface area contributed by atoms with E-state index in [1.54, 1.807) is 0 Å². The molecule has 0 saturated carbocycles. The van der Waals surface area contributed by atoms with Gasteiger partial charge in [-0.1, -0.05) is 0 Å². The van der Waals surface area contributed by atoms with Crippen molar-refractivity contribution in [2.24, 2.45) is 7.05 Å². The highest BCUT2D eigenvalue weighted by Gasteiger charge is 2.27. The van der Waals surface area contributed by atoms with Gasteiger partial charge in [0.25, 0.3) is 0 Å². The van der Waals surface area contributed by atoms with Crippen molar-refractivity contribution in [1.82, 2.24) is 39.4 Å². The summed E-state index contributed by atoms with van der Waals surface area (Å²) in [4.78, 5) is 6.63. The molecule has 1 atom stereocenters. The van der Waals surface area contributed by atoms with Crippen LogP contribution in [-0.4, -0.2) is 52.5 Å². The third-order valence-electron chi connectivity index (χ3n) is 5.03. The molecule has 1 unspecified atom stereocenters. The van der Waals surface area contributed by atoms with E-state index in [1.807, 2.05) is 26.2 Å². The molecule has 0 spiro atoms. The summed E-state index contributed by atoms with van der Waals surface area (Å²) in [6.45, 7) is 7.16. The Morgan fingerprint density at radius 3 is 2.77 bits per heavy atom. The van der Waals surface area contributed by atoms with Gasteiger partial charge in [0, 0.05) is 38.8 Å². The Bertz CT molecular complexity index is 879. The number of rotatable bonds is 5. The van der Waals surface area contributed by atoms with Gasteiger partial charge in [0.1, 0.15) is 11.6 Å². The van der Waals surface area contributed by atoms with E-state index in [-0.39, 0.29) is 0 Å². The Balaban J connectivity index is 1.46. The predicted molar refractivity (Wildman–Crippen MR) is 93.4 cm³/mol. The van der Waals surface area contributed by atoms with E-state index in [4.69, 9.17) is 4.42 Å². The number of hydrogen-bond acceptors (Lipinski definition) is 7. The van der Waals surface area contributed by atoms with Crippen molar-refractivity contribution in [3.05, 3.63) is 41.6 Å². The lowest BCUT2D eigenvalue weighted by Gasteiger charge is -2.31. The molecule has 26 heavy (non-hydrogen) atoms. The quantitative estimate of drug-likeness (QED) is 0.683. The highest BCUT2D eigenvalue weighted by molar-refractivity contribution is 5.05. The van der Waals surface area contributed by atoms with Gasteiger partial charge in [0.15, 0.2) is 5.82 Å². The molecule has 1 saturated heterocycles. The van der Waals surface area contributed by atoms with E-state index in [1.165, 1.54) is 0 Å². The summed E-state index contributed by atoms with van der Waals surface area (Å²) in [6.07, 6.45) is 6.03. The number of likely N-dealkylation sites (tertiary alicyclic amines) is 1. The van der Waals surface area contributed by atoms with Crippen LogP contribution in [0.2, 0.25) is 0 Å². The lowest BCUT2D eigenvalue weighted by molar-refractivity contribution is 0.178. The minimum Gasteiger partial charge on any atom is -0.424 e. The van der Waals surface area contributed by atoms with Crippen LogP contribution in [0.25, 0.3) is 0 Å². The van der Waals surface area contributed by atoms with Gasteiger partial charge in [-0.3, -0.25) is 4.90 Å². The molecule has 0 bridgehead atoms. The molecule has 3 aromatic heterocycles. The first-order valence-electron chi connectivity index (χ1n) is 8.97. The van der Waals surface area contributed by atoms with Crippen LogP contribution in [0.3, 0.4) is 0 Å². The fraction of sp³-hybridized carbons (Fsp3) is 0.588. The maximum absolute atomic E-state index is 5.52. The number of piperidine rings is 1. The first kappa shape index (κ1) is 16.9. The average Bonchev–Trinajstić information content (AvgIpc) is 3.31. The van der Waals surface area contributed by atoms with Gasteiger partial charge in [-0.25, -0.2) is 4.98 Å². The van der Waals surface area contributed by atoms with Crippen molar-refractivity contribution in [1.29, 1.82) is 0 Å². The Labute approximate surface area is 152 Å². The minimum absolute atomic E-state index is 0.364. The standard InChI is InChI=1S/C17H24N8O/c1-12-18-6-8-25(12)10-15-20-22-17(23(15)3)14-5-4-7-24(9-14)11-16-21-19-13(2)26-16/h6,8,14H,4-5,7,9-11H2,1-3H3. The molecule has 1 aliphatic heterocycles. The zero-order valence-electron chi connectivity index (χ0n) is 15.5. The molecule has 4 heterocycles. The fourth-order valence-corrected chi connectivity index (χ4v) is 3.59. The van der Waals surface area contributed by atoms with Crippen LogP contribution in [0.1, 0.15) is 48.0 Å². The maximum atomic E-state index is 5.52. The second-order valence-corrected chi connectivity index (χ2v) is 6.92. The molecule has 4 rings (SSSR count). The molecule has 0 amide bonds. The van der Waals surface area contributed by atoms with Gasteiger partial charge in [0.05, 0.1) is 13.1 Å². The third kappa shape index (κ3) is 3.39. The molecule has 138 valence electrons. The Kier molecular flexibility index (Phi) is 4.54. The predicted octanol–water partition coefficient (Wildman–Crippen LogP) is 1.44. The maximum Gasteiger partial charge on any atom is 0.230 e. The van der Waals surface area contributed by atoms with Crippen molar-refractivity contribution in [3.8, 4) is 0 Å². The Hall–Kier alpha value is -2.55. The molecule has 0 radical (unpaired) electrons. The molecule has 0 N–H and O–H groups in total. The van der Waals surface area contributed by atoms with Crippen LogP contribution >= 0.6 is 0 Å². The molecule has 9 heteroatoms. The highest BCUT2D eigenvalue weighted by Crippen LogP contribution is 2.26. The topological polar surface area (TPSA) is 90.7 Å². The van der Waals surface area contributed by atoms with E-state index < -0.39 is 0 Å². The number of aryl methyl sites for hydroxylation is 2. The second kappa shape index (κ2) is 6.99. The van der Waals surface area contributed by atoms with E-state index in [0.717, 1.165) is 43.4 Å². The van der Waals surface area contributed by atoms with E-state index in [9.17, 15) is 0 Å². The molecular formula is C17H24N8O. The van der Waals surface area contributed by atoms with Gasteiger partial charge in [-0.2, -0.15) is 0 Å². The van der Waals surface area contributed by atoms with Crippen LogP contribution in [0, 0.1) is 13.8 Å². The van der Waals surface area contributed by atoms with Gasteiger partial charge >= 0.3 is 0 Å². The van der Waals surface area contributed by atoms with Gasteiger partial charge in [0.2, 0.25) is 11.8 Å². The minimum atomic E-state index is 0.364. The van der Waals surface area contributed by atoms with E-state index in [2.05, 4.69) is 46.5 Å². The van der Waals surface area contributed by atoms with Crippen LogP contribution < -0.4 is 0 Å². The zero-order chi connectivity index (χ0) is 18.1. The number of imidazole rings is 1. The summed E-state index contributed by atoms with van der Waals surface area (Å²) in [6, 6.07) is 0. The van der Waals surface area contributed by atoms with Crippen LogP contribution in [0.15, 0.2) is 16.8 Å². The summed E-state index contributed by atoms with van der Waals surface area (Å²) in [5.41, 5.74) is 0. The van der Waals surface area contributed by atoms with Crippen LogP contribution in [-0.2, 0) is 20.1 Å². The SMILES string of the molecule is Cc1nnc(CN2CCCC(c3nnc(Cn4ccnc4C)n3C)C2)o1. The number of nitrogens with zero attached hydrogens (tertiary/aromatic N) is 8. The summed E-state index contributed by atoms with van der Waals surface area (Å²) >= 11 is 0. The molecule has 1 fully saturated rings. The molecule has 0 aromatic carbocycles. The van der Waals surface area contributed by atoms with Crippen molar-refractivity contribution in [3.63, 3.8) is 0 Å². The summed E-state index contributed by atoms with van der Waals surface area (Å²) in [5.74, 6) is 4.63. The van der Waals surface area contributed by atoms with E-state index in [0.29, 0.717) is 30.8 Å². The summed E-state index contributed by atoms with van der Waals surface area (Å²) < 4.78 is 9.73. The van der Waals surface area contributed by atoms with E-state index >= 15 is 0 Å². The van der Waals surface area contributed by atoms with Crippen LogP contribution in [0.5, 0.6) is 0 Å². The zero-order valence-corrected chi connectivity index (χ0v) is 15.5. The molecule has 0 aliphatic carbocycles. The van der Waals surface area contributed by atoms with Crippen molar-refractivity contribution < 1.29 is 4.42 Å². The molecule has 3 aromatic rings. The molecule has 9 nitrogen and oxygen atoms in total. The van der Waals surface area contributed by atoms with Gasteiger partial charge < -0.3 is 13.6 Å². The van der Waals surface area contributed by atoms with Crippen LogP contribution in [0.4, 0.5) is 0 Å². The summed E-state index contributed by atoms with van der Waals surface area (Å²) in [7, 11) is 2.05. The average molecular weight is 356 g/mol. The first-order valence-corrected chi connectivity index (χ1v) is 8.97. The highest BCUT2D eigenvalue weighted by atomic mass is 16.4.